The minimum absolute atomic E-state index is 0.100. The zero-order valence-corrected chi connectivity index (χ0v) is 18.3. The number of aryl methyl sites for hydroxylation is 1. The second-order valence-corrected chi connectivity index (χ2v) is 8.09. The first-order valence-electron chi connectivity index (χ1n) is 10.6. The lowest BCUT2D eigenvalue weighted by Crippen LogP contribution is -2.45. The van der Waals surface area contributed by atoms with Gasteiger partial charge in [0.15, 0.2) is 0 Å². The quantitative estimate of drug-likeness (QED) is 0.631. The number of ether oxygens (including phenoxy) is 1. The van der Waals surface area contributed by atoms with Gasteiger partial charge in [-0.15, -0.1) is 0 Å². The Morgan fingerprint density at radius 2 is 1.90 bits per heavy atom. The second-order valence-electron chi connectivity index (χ2n) is 8.09. The normalized spacial score (nSPS) is 19.5. The minimum Gasteiger partial charge on any atom is -0.372 e. The molecule has 3 unspecified atom stereocenters. The van der Waals surface area contributed by atoms with E-state index in [4.69, 9.17) is 10.5 Å². The average molecular weight is 426 g/mol. The Morgan fingerprint density at radius 1 is 1.19 bits per heavy atom. The van der Waals surface area contributed by atoms with E-state index < -0.39 is 12.1 Å². The summed E-state index contributed by atoms with van der Waals surface area (Å²) in [6, 6.07) is 10.4. The summed E-state index contributed by atoms with van der Waals surface area (Å²) in [4.78, 5) is 30.7. The summed E-state index contributed by atoms with van der Waals surface area (Å²) in [6.07, 6.45) is 2.21. The number of benzene rings is 1. The summed E-state index contributed by atoms with van der Waals surface area (Å²) in [6.45, 7) is 8.03. The predicted octanol–water partition coefficient (Wildman–Crippen LogP) is 2.42. The van der Waals surface area contributed by atoms with Crippen LogP contribution in [0.1, 0.15) is 43.0 Å². The number of morpholine rings is 1. The van der Waals surface area contributed by atoms with Crippen molar-refractivity contribution in [2.45, 2.75) is 52.0 Å². The van der Waals surface area contributed by atoms with E-state index >= 15 is 0 Å². The molecule has 8 heteroatoms. The summed E-state index contributed by atoms with van der Waals surface area (Å²) in [5.41, 5.74) is 8.08. The van der Waals surface area contributed by atoms with Gasteiger partial charge in [0, 0.05) is 25.8 Å². The molecule has 1 aromatic heterocycles. The van der Waals surface area contributed by atoms with Crippen LogP contribution in [0.4, 0.5) is 10.6 Å². The van der Waals surface area contributed by atoms with Crippen molar-refractivity contribution in [3.05, 3.63) is 59.3 Å². The molecule has 31 heavy (non-hydrogen) atoms. The molecule has 1 fully saturated rings. The number of pyridine rings is 1. The van der Waals surface area contributed by atoms with Crippen LogP contribution in [-0.4, -0.2) is 42.2 Å². The van der Waals surface area contributed by atoms with Crippen LogP contribution in [0, 0.1) is 6.92 Å². The minimum atomic E-state index is -0.660. The molecule has 0 aliphatic carbocycles. The summed E-state index contributed by atoms with van der Waals surface area (Å²) < 4.78 is 5.77. The summed E-state index contributed by atoms with van der Waals surface area (Å²) in [5, 5.41) is 5.57. The van der Waals surface area contributed by atoms with Crippen molar-refractivity contribution < 1.29 is 14.3 Å². The summed E-state index contributed by atoms with van der Waals surface area (Å²) in [7, 11) is 0. The van der Waals surface area contributed by atoms with Gasteiger partial charge in [0.25, 0.3) is 0 Å². The number of rotatable bonds is 7. The number of urea groups is 1. The standard InChI is InChI=1S/C23H31N5O3/c1-15-6-4-5-7-19(15)20(27-23(24)30)10-22(29)26-12-18-8-9-21(25-11-18)28-13-16(2)31-17(3)14-28/h4-9,11,16-17,20H,10,12-14H2,1-3H3,(H,26,29)(H3,24,27,30). The van der Waals surface area contributed by atoms with E-state index in [2.05, 4.69) is 34.4 Å². The Bertz CT molecular complexity index is 892. The molecule has 1 aliphatic heterocycles. The number of anilines is 1. The largest absolute Gasteiger partial charge is 0.372 e. The van der Waals surface area contributed by atoms with Gasteiger partial charge >= 0.3 is 6.03 Å². The summed E-state index contributed by atoms with van der Waals surface area (Å²) >= 11 is 0. The third-order valence-corrected chi connectivity index (χ3v) is 5.31. The van der Waals surface area contributed by atoms with Crippen LogP contribution < -0.4 is 21.3 Å². The first-order chi connectivity index (χ1) is 14.8. The van der Waals surface area contributed by atoms with Gasteiger partial charge in [-0.2, -0.15) is 0 Å². The number of aromatic nitrogens is 1. The van der Waals surface area contributed by atoms with E-state index in [0.717, 1.165) is 35.6 Å². The molecular weight excluding hydrogens is 394 g/mol. The molecule has 3 amide bonds. The topological polar surface area (TPSA) is 110 Å². The van der Waals surface area contributed by atoms with Crippen LogP contribution in [0.3, 0.4) is 0 Å². The van der Waals surface area contributed by atoms with Crippen LogP contribution in [0.15, 0.2) is 42.6 Å². The molecule has 0 radical (unpaired) electrons. The molecule has 2 aromatic rings. The van der Waals surface area contributed by atoms with Gasteiger partial charge in [-0.1, -0.05) is 30.3 Å². The number of hydrogen-bond donors (Lipinski definition) is 3. The Morgan fingerprint density at radius 3 is 2.52 bits per heavy atom. The Hall–Kier alpha value is -3.13. The third kappa shape index (κ3) is 6.42. The molecule has 3 rings (SSSR count). The van der Waals surface area contributed by atoms with Gasteiger partial charge in [-0.05, 0) is 43.5 Å². The van der Waals surface area contributed by atoms with E-state index in [0.29, 0.717) is 6.54 Å². The van der Waals surface area contributed by atoms with Crippen molar-refractivity contribution in [1.82, 2.24) is 15.6 Å². The van der Waals surface area contributed by atoms with Crippen LogP contribution in [0.5, 0.6) is 0 Å². The lowest BCUT2D eigenvalue weighted by atomic mass is 9.98. The Labute approximate surface area is 183 Å². The van der Waals surface area contributed by atoms with Crippen LogP contribution in [0.25, 0.3) is 0 Å². The predicted molar refractivity (Wildman–Crippen MR) is 120 cm³/mol. The fraction of sp³-hybridized carbons (Fsp3) is 0.435. The maximum atomic E-state index is 12.5. The number of nitrogens with one attached hydrogen (secondary N) is 2. The van der Waals surface area contributed by atoms with Gasteiger partial charge in [-0.3, -0.25) is 4.79 Å². The lowest BCUT2D eigenvalue weighted by Gasteiger charge is -2.36. The van der Waals surface area contributed by atoms with Crippen LogP contribution in [-0.2, 0) is 16.1 Å². The fourth-order valence-corrected chi connectivity index (χ4v) is 3.92. The zero-order valence-electron chi connectivity index (χ0n) is 18.3. The highest BCUT2D eigenvalue weighted by Gasteiger charge is 2.23. The number of carbonyl (C=O) groups excluding carboxylic acids is 2. The van der Waals surface area contributed by atoms with Crippen LogP contribution in [0.2, 0.25) is 0 Å². The van der Waals surface area contributed by atoms with E-state index in [1.165, 1.54) is 0 Å². The van der Waals surface area contributed by atoms with Crippen molar-refractivity contribution in [1.29, 1.82) is 0 Å². The lowest BCUT2D eigenvalue weighted by molar-refractivity contribution is -0.121. The molecular formula is C23H31N5O3. The van der Waals surface area contributed by atoms with Gasteiger partial charge < -0.3 is 26.0 Å². The van der Waals surface area contributed by atoms with Crippen molar-refractivity contribution in [2.24, 2.45) is 5.73 Å². The van der Waals surface area contributed by atoms with Gasteiger partial charge in [0.2, 0.25) is 5.91 Å². The molecule has 0 bridgehead atoms. The number of nitrogens with two attached hydrogens (primary N) is 1. The molecule has 3 atom stereocenters. The highest BCUT2D eigenvalue weighted by molar-refractivity contribution is 5.78. The molecule has 166 valence electrons. The first-order valence-corrected chi connectivity index (χ1v) is 10.6. The molecule has 0 spiro atoms. The van der Waals surface area contributed by atoms with Gasteiger partial charge in [-0.25, -0.2) is 9.78 Å². The van der Waals surface area contributed by atoms with Crippen molar-refractivity contribution in [3.8, 4) is 0 Å². The zero-order chi connectivity index (χ0) is 22.4. The highest BCUT2D eigenvalue weighted by Crippen LogP contribution is 2.21. The highest BCUT2D eigenvalue weighted by atomic mass is 16.5. The molecule has 1 aromatic carbocycles. The fourth-order valence-electron chi connectivity index (χ4n) is 3.92. The number of hydrogen-bond acceptors (Lipinski definition) is 5. The Kier molecular flexibility index (Phi) is 7.46. The molecule has 0 saturated carbocycles. The van der Waals surface area contributed by atoms with Crippen molar-refractivity contribution >= 4 is 17.8 Å². The monoisotopic (exact) mass is 425 g/mol. The number of nitrogens with zero attached hydrogens (tertiary/aromatic N) is 2. The number of amides is 3. The Balaban J connectivity index is 1.57. The average Bonchev–Trinajstić information content (AvgIpc) is 2.71. The second kappa shape index (κ2) is 10.3. The van der Waals surface area contributed by atoms with Crippen LogP contribution >= 0.6 is 0 Å². The SMILES string of the molecule is Cc1ccccc1C(CC(=O)NCc1ccc(N2CC(C)OC(C)C2)nc1)NC(N)=O. The van der Waals surface area contributed by atoms with Gasteiger partial charge in [0.1, 0.15) is 5.82 Å². The van der Waals surface area contributed by atoms with E-state index in [1.807, 2.05) is 43.3 Å². The van der Waals surface area contributed by atoms with Gasteiger partial charge in [0.05, 0.1) is 24.7 Å². The number of carbonyl (C=O) groups is 2. The number of primary amides is 1. The smallest absolute Gasteiger partial charge is 0.312 e. The molecule has 1 aliphatic rings. The first kappa shape index (κ1) is 22.6. The summed E-state index contributed by atoms with van der Waals surface area (Å²) in [5.74, 6) is 0.726. The maximum absolute atomic E-state index is 12.5. The molecule has 8 nitrogen and oxygen atoms in total. The van der Waals surface area contributed by atoms with E-state index in [9.17, 15) is 9.59 Å². The maximum Gasteiger partial charge on any atom is 0.312 e. The van der Waals surface area contributed by atoms with E-state index in [1.54, 1.807) is 6.20 Å². The molecule has 1 saturated heterocycles. The van der Waals surface area contributed by atoms with Crippen molar-refractivity contribution in [3.63, 3.8) is 0 Å². The molecule has 4 N–H and O–H groups in total. The molecule has 2 heterocycles. The van der Waals surface area contributed by atoms with Crippen molar-refractivity contribution in [2.75, 3.05) is 18.0 Å². The van der Waals surface area contributed by atoms with E-state index in [-0.39, 0.29) is 24.5 Å². The third-order valence-electron chi connectivity index (χ3n) is 5.31.